The van der Waals surface area contributed by atoms with Crippen molar-refractivity contribution in [1.29, 1.82) is 0 Å². The normalized spacial score (nSPS) is 12.7. The molecule has 2 N–H and O–H groups in total. The molecule has 0 unspecified atom stereocenters. The van der Waals surface area contributed by atoms with E-state index in [1.807, 2.05) is 6.92 Å². The molecule has 2 heterocycles. The molecule has 16 heavy (non-hydrogen) atoms. The second kappa shape index (κ2) is 10.1. The Hall–Kier alpha value is -1.38. The number of rotatable bonds is 2. The summed E-state index contributed by atoms with van der Waals surface area (Å²) in [6.45, 7) is 4.44. The molecule has 1 amide bonds. The van der Waals surface area contributed by atoms with E-state index in [1.54, 1.807) is 6.20 Å². The summed E-state index contributed by atoms with van der Waals surface area (Å²) in [5, 5.41) is 6.33. The first-order valence-electron chi connectivity index (χ1n) is 4.99. The van der Waals surface area contributed by atoms with E-state index >= 15 is 0 Å². The predicted molar refractivity (Wildman–Crippen MR) is 68.5 cm³/mol. The molecule has 1 aromatic rings. The molecule has 1 aliphatic rings. The van der Waals surface area contributed by atoms with E-state index in [0.29, 0.717) is 11.5 Å². The van der Waals surface area contributed by atoms with Gasteiger partial charge in [0.2, 0.25) is 6.41 Å². The van der Waals surface area contributed by atoms with Gasteiger partial charge in [0, 0.05) is 11.1 Å². The van der Waals surface area contributed by atoms with Crippen molar-refractivity contribution in [2.24, 2.45) is 0 Å². The quantitative estimate of drug-likeness (QED) is 0.609. The number of terminal acetylenes is 1. The molecule has 0 spiro atoms. The maximum absolute atomic E-state index is 9.84. The minimum Gasteiger partial charge on any atom is -0.317 e. The van der Waals surface area contributed by atoms with Crippen LogP contribution in [0.15, 0.2) is 6.20 Å². The lowest BCUT2D eigenvalue weighted by Crippen LogP contribution is -2.03. The number of anilines is 1. The van der Waals surface area contributed by atoms with Crippen molar-refractivity contribution >= 4 is 22.9 Å². The first-order chi connectivity index (χ1) is 7.83. The average Bonchev–Trinajstić information content (AvgIpc) is 2.96. The van der Waals surface area contributed by atoms with Crippen LogP contribution in [-0.2, 0) is 4.79 Å². The highest BCUT2D eigenvalue weighted by Gasteiger charge is 1.93. The molecule has 0 atom stereocenters. The standard InChI is InChI=1S/C5H6N2OS.C4H9N.C2H2/c1-4-2-6-5(9-4)7-3-8;1-2-4-5-3-1;1-2/h2-3H,1H3,(H,6,7,8);5H,1-4H2;1-2H. The number of hydrogen-bond acceptors (Lipinski definition) is 4. The highest BCUT2D eigenvalue weighted by atomic mass is 32.1. The molecule has 0 bridgehead atoms. The van der Waals surface area contributed by atoms with Gasteiger partial charge in [-0.25, -0.2) is 4.98 Å². The van der Waals surface area contributed by atoms with Gasteiger partial charge in [0.1, 0.15) is 0 Å². The minimum absolute atomic E-state index is 0.623. The predicted octanol–water partition coefficient (Wildman–Crippen LogP) is 1.64. The highest BCUT2D eigenvalue weighted by Crippen LogP contribution is 2.14. The summed E-state index contributed by atoms with van der Waals surface area (Å²) in [6, 6.07) is 0. The number of nitrogens with zero attached hydrogens (tertiary/aromatic N) is 1. The van der Waals surface area contributed by atoms with E-state index in [4.69, 9.17) is 0 Å². The first kappa shape index (κ1) is 14.6. The Kier molecular flexibility index (Phi) is 9.27. The Bertz CT molecular complexity index is 298. The van der Waals surface area contributed by atoms with Gasteiger partial charge in [-0.1, -0.05) is 0 Å². The third-order valence-electron chi connectivity index (χ3n) is 1.76. The van der Waals surface area contributed by atoms with E-state index in [-0.39, 0.29) is 0 Å². The summed E-state index contributed by atoms with van der Waals surface area (Å²) < 4.78 is 0. The molecule has 0 aliphatic carbocycles. The fraction of sp³-hybridized carbons (Fsp3) is 0.455. The van der Waals surface area contributed by atoms with Crippen LogP contribution < -0.4 is 10.6 Å². The molecule has 1 aliphatic heterocycles. The third kappa shape index (κ3) is 6.98. The van der Waals surface area contributed by atoms with E-state index in [2.05, 4.69) is 28.5 Å². The number of hydrogen-bond donors (Lipinski definition) is 2. The van der Waals surface area contributed by atoms with Crippen LogP contribution in [-0.4, -0.2) is 24.5 Å². The van der Waals surface area contributed by atoms with Crippen molar-refractivity contribution in [2.75, 3.05) is 18.4 Å². The molecule has 5 heteroatoms. The molecule has 4 nitrogen and oxygen atoms in total. The molecular weight excluding hydrogens is 222 g/mol. The van der Waals surface area contributed by atoms with Crippen LogP contribution in [0.5, 0.6) is 0 Å². The van der Waals surface area contributed by atoms with Crippen LogP contribution in [0, 0.1) is 19.8 Å². The summed E-state index contributed by atoms with van der Waals surface area (Å²) in [7, 11) is 0. The van der Waals surface area contributed by atoms with E-state index in [0.717, 1.165) is 4.88 Å². The summed E-state index contributed by atoms with van der Waals surface area (Å²) in [5.74, 6) is 0. The molecule has 0 aromatic carbocycles. The van der Waals surface area contributed by atoms with Crippen molar-refractivity contribution in [3.05, 3.63) is 11.1 Å². The topological polar surface area (TPSA) is 54.0 Å². The van der Waals surface area contributed by atoms with Gasteiger partial charge in [-0.05, 0) is 32.9 Å². The van der Waals surface area contributed by atoms with Gasteiger partial charge in [-0.2, -0.15) is 0 Å². The van der Waals surface area contributed by atoms with Crippen molar-refractivity contribution in [2.45, 2.75) is 19.8 Å². The summed E-state index contributed by atoms with van der Waals surface area (Å²) in [6.07, 6.45) is 13.1. The lowest BCUT2D eigenvalue weighted by atomic mass is 10.4. The van der Waals surface area contributed by atoms with Gasteiger partial charge in [0.05, 0.1) is 0 Å². The Morgan fingerprint density at radius 2 is 2.12 bits per heavy atom. The summed E-state index contributed by atoms with van der Waals surface area (Å²) >= 11 is 1.46. The zero-order valence-corrected chi connectivity index (χ0v) is 10.2. The molecule has 1 fully saturated rings. The van der Waals surface area contributed by atoms with Crippen molar-refractivity contribution in [1.82, 2.24) is 10.3 Å². The van der Waals surface area contributed by atoms with Gasteiger partial charge < -0.3 is 10.6 Å². The number of carbonyl (C=O) groups excluding carboxylic acids is 1. The molecule has 1 aromatic heterocycles. The number of amides is 1. The third-order valence-corrected chi connectivity index (χ3v) is 2.60. The van der Waals surface area contributed by atoms with Crippen molar-refractivity contribution in [3.63, 3.8) is 0 Å². The van der Waals surface area contributed by atoms with Crippen LogP contribution in [0.4, 0.5) is 5.13 Å². The van der Waals surface area contributed by atoms with Crippen molar-refractivity contribution in [3.8, 4) is 12.8 Å². The fourth-order valence-corrected chi connectivity index (χ4v) is 1.72. The molecule has 0 saturated carbocycles. The smallest absolute Gasteiger partial charge is 0.213 e. The zero-order valence-electron chi connectivity index (χ0n) is 9.40. The maximum atomic E-state index is 9.84. The van der Waals surface area contributed by atoms with Gasteiger partial charge in [0.15, 0.2) is 5.13 Å². The number of nitrogens with one attached hydrogen (secondary N) is 2. The van der Waals surface area contributed by atoms with E-state index < -0.39 is 0 Å². The van der Waals surface area contributed by atoms with Gasteiger partial charge >= 0.3 is 0 Å². The number of aromatic nitrogens is 1. The number of carbonyl (C=O) groups is 1. The number of aryl methyl sites for hydroxylation is 1. The Balaban J connectivity index is 0.000000272. The molecule has 88 valence electrons. The Labute approximate surface area is 100 Å². The largest absolute Gasteiger partial charge is 0.317 e. The zero-order chi connectivity index (χ0) is 12.2. The molecule has 1 saturated heterocycles. The van der Waals surface area contributed by atoms with Gasteiger partial charge in [0.25, 0.3) is 0 Å². The monoisotopic (exact) mass is 239 g/mol. The lowest BCUT2D eigenvalue weighted by molar-refractivity contribution is -0.105. The average molecular weight is 239 g/mol. The Morgan fingerprint density at radius 3 is 2.44 bits per heavy atom. The van der Waals surface area contributed by atoms with Crippen LogP contribution >= 0.6 is 11.3 Å². The highest BCUT2D eigenvalue weighted by molar-refractivity contribution is 7.15. The second-order valence-electron chi connectivity index (χ2n) is 3.00. The Morgan fingerprint density at radius 1 is 1.50 bits per heavy atom. The van der Waals surface area contributed by atoms with E-state index in [1.165, 1.54) is 37.3 Å². The molecular formula is C11H17N3OS. The van der Waals surface area contributed by atoms with Gasteiger partial charge in [-0.3, -0.25) is 4.79 Å². The molecule has 2 rings (SSSR count). The van der Waals surface area contributed by atoms with Crippen LogP contribution in [0.25, 0.3) is 0 Å². The second-order valence-corrected chi connectivity index (χ2v) is 4.23. The summed E-state index contributed by atoms with van der Waals surface area (Å²) in [4.78, 5) is 14.8. The fourth-order valence-electron chi connectivity index (χ4n) is 1.10. The van der Waals surface area contributed by atoms with Crippen LogP contribution in [0.1, 0.15) is 17.7 Å². The SMILES string of the molecule is C#C.C1CCNC1.Cc1cnc(NC=O)s1. The minimum atomic E-state index is 0.623. The number of thiazole rings is 1. The maximum Gasteiger partial charge on any atom is 0.213 e. The van der Waals surface area contributed by atoms with E-state index in [9.17, 15) is 4.79 Å². The van der Waals surface area contributed by atoms with Crippen LogP contribution in [0.2, 0.25) is 0 Å². The van der Waals surface area contributed by atoms with Gasteiger partial charge in [-0.15, -0.1) is 24.2 Å². The van der Waals surface area contributed by atoms with Crippen LogP contribution in [0.3, 0.4) is 0 Å². The molecule has 0 radical (unpaired) electrons. The summed E-state index contributed by atoms with van der Waals surface area (Å²) in [5.41, 5.74) is 0. The van der Waals surface area contributed by atoms with Crippen molar-refractivity contribution < 1.29 is 4.79 Å². The first-order valence-corrected chi connectivity index (χ1v) is 5.81. The lowest BCUT2D eigenvalue weighted by Gasteiger charge is -1.83.